The number of aliphatic carboxylic acids is 1. The maximum absolute atomic E-state index is 12.1. The summed E-state index contributed by atoms with van der Waals surface area (Å²) in [4.78, 5) is 31.3. The number of halogens is 1. The molecule has 1 aromatic rings. The second-order valence-electron chi connectivity index (χ2n) is 4.89. The van der Waals surface area contributed by atoms with E-state index in [0.29, 0.717) is 5.69 Å². The highest BCUT2D eigenvalue weighted by Gasteiger charge is 2.43. The van der Waals surface area contributed by atoms with Crippen molar-refractivity contribution < 1.29 is 14.7 Å². The first-order chi connectivity index (χ1) is 8.91. The molecule has 2 rings (SSSR count). The number of carboxylic acid groups (broad SMARTS) is 1. The van der Waals surface area contributed by atoms with Crippen LogP contribution in [-0.2, 0) is 16.0 Å². The van der Waals surface area contributed by atoms with E-state index >= 15 is 0 Å². The maximum atomic E-state index is 12.1. The van der Waals surface area contributed by atoms with E-state index in [1.54, 1.807) is 0 Å². The first-order valence-electron chi connectivity index (χ1n) is 5.92. The number of carboxylic acids is 1. The molecule has 1 aliphatic rings. The van der Waals surface area contributed by atoms with E-state index in [4.69, 9.17) is 11.6 Å². The normalized spacial score (nSPS) is 17.6. The van der Waals surface area contributed by atoms with Gasteiger partial charge in [-0.1, -0.05) is 11.6 Å². The first-order valence-corrected chi connectivity index (χ1v) is 6.30. The van der Waals surface area contributed by atoms with Gasteiger partial charge in [-0.3, -0.25) is 14.6 Å². The molecule has 0 radical (unpaired) electrons. The van der Waals surface area contributed by atoms with Crippen molar-refractivity contribution in [1.82, 2.24) is 15.3 Å². The molecular weight excluding hydrogens is 270 g/mol. The fourth-order valence-corrected chi connectivity index (χ4v) is 1.72. The number of hydrogen-bond donors (Lipinski definition) is 2. The zero-order valence-electron chi connectivity index (χ0n) is 10.4. The van der Waals surface area contributed by atoms with E-state index in [1.165, 1.54) is 19.3 Å². The number of aromatic nitrogens is 2. The first kappa shape index (κ1) is 13.7. The molecule has 1 amide bonds. The Morgan fingerprint density at radius 1 is 1.47 bits per heavy atom. The molecular formula is C12H14ClN3O3. The number of carbonyl (C=O) groups is 2. The fraction of sp³-hybridized carbons (Fsp3) is 0.500. The van der Waals surface area contributed by atoms with Crippen LogP contribution in [0.2, 0.25) is 5.15 Å². The smallest absolute Gasteiger partial charge is 0.319 e. The van der Waals surface area contributed by atoms with Gasteiger partial charge >= 0.3 is 5.97 Å². The summed E-state index contributed by atoms with van der Waals surface area (Å²) >= 11 is 5.62. The van der Waals surface area contributed by atoms with Crippen LogP contribution < -0.4 is 5.32 Å². The van der Waals surface area contributed by atoms with Crippen molar-refractivity contribution in [2.75, 3.05) is 0 Å². The van der Waals surface area contributed by atoms with Crippen molar-refractivity contribution in [3.05, 3.63) is 23.2 Å². The molecule has 0 saturated heterocycles. The van der Waals surface area contributed by atoms with Crippen LogP contribution in [-0.4, -0.2) is 33.0 Å². The second-order valence-corrected chi connectivity index (χ2v) is 5.28. The molecule has 1 fully saturated rings. The van der Waals surface area contributed by atoms with E-state index in [1.807, 2.05) is 0 Å². The zero-order valence-corrected chi connectivity index (χ0v) is 11.1. The number of amides is 1. The van der Waals surface area contributed by atoms with Crippen molar-refractivity contribution in [2.45, 2.75) is 32.2 Å². The van der Waals surface area contributed by atoms with Crippen molar-refractivity contribution in [3.8, 4) is 0 Å². The highest BCUT2D eigenvalue weighted by molar-refractivity contribution is 6.29. The van der Waals surface area contributed by atoms with Crippen LogP contribution >= 0.6 is 11.6 Å². The van der Waals surface area contributed by atoms with E-state index in [9.17, 15) is 14.7 Å². The Balaban J connectivity index is 2.15. The average molecular weight is 284 g/mol. The van der Waals surface area contributed by atoms with Gasteiger partial charge in [0.15, 0.2) is 0 Å². The Morgan fingerprint density at radius 2 is 2.16 bits per heavy atom. The van der Waals surface area contributed by atoms with Gasteiger partial charge in [-0.25, -0.2) is 4.98 Å². The minimum Gasteiger partial charge on any atom is -0.480 e. The summed E-state index contributed by atoms with van der Waals surface area (Å²) in [5.41, 5.74) is -1.13. The number of rotatable bonds is 5. The van der Waals surface area contributed by atoms with E-state index in [0.717, 1.165) is 12.8 Å². The van der Waals surface area contributed by atoms with Gasteiger partial charge in [-0.05, 0) is 19.8 Å². The van der Waals surface area contributed by atoms with E-state index in [2.05, 4.69) is 15.3 Å². The molecule has 0 spiro atoms. The van der Waals surface area contributed by atoms with Gasteiger partial charge in [0.2, 0.25) is 5.91 Å². The summed E-state index contributed by atoms with van der Waals surface area (Å²) in [6, 6.07) is 0.113. The van der Waals surface area contributed by atoms with Crippen molar-refractivity contribution in [2.24, 2.45) is 5.41 Å². The molecule has 1 unspecified atom stereocenters. The van der Waals surface area contributed by atoms with Gasteiger partial charge in [-0.15, -0.1) is 0 Å². The Morgan fingerprint density at radius 3 is 2.63 bits per heavy atom. The Hall–Kier alpha value is -1.69. The SMILES string of the molecule is CC(Cc1cnc(Cl)cn1)(C(=O)O)C(=O)NC1CC1. The summed E-state index contributed by atoms with van der Waals surface area (Å²) < 4.78 is 0. The van der Waals surface area contributed by atoms with Crippen LogP contribution in [0.5, 0.6) is 0 Å². The molecule has 2 N–H and O–H groups in total. The van der Waals surface area contributed by atoms with E-state index in [-0.39, 0.29) is 17.6 Å². The van der Waals surface area contributed by atoms with Gasteiger partial charge in [0.1, 0.15) is 10.6 Å². The largest absolute Gasteiger partial charge is 0.480 e. The van der Waals surface area contributed by atoms with Gasteiger partial charge in [0, 0.05) is 12.5 Å². The standard InChI is InChI=1S/C12H14ClN3O3/c1-12(11(18)19,10(17)16-7-2-3-7)4-8-5-15-9(13)6-14-8/h5-7H,2-4H2,1H3,(H,16,17)(H,18,19). The van der Waals surface area contributed by atoms with Gasteiger partial charge in [-0.2, -0.15) is 0 Å². The second kappa shape index (κ2) is 5.13. The summed E-state index contributed by atoms with van der Waals surface area (Å²) in [5, 5.41) is 12.3. The van der Waals surface area contributed by atoms with Crippen molar-refractivity contribution in [1.29, 1.82) is 0 Å². The van der Waals surface area contributed by atoms with Crippen LogP contribution in [0, 0.1) is 5.41 Å². The highest BCUT2D eigenvalue weighted by atomic mass is 35.5. The molecule has 7 heteroatoms. The highest BCUT2D eigenvalue weighted by Crippen LogP contribution is 2.26. The molecule has 1 saturated carbocycles. The summed E-state index contributed by atoms with van der Waals surface area (Å²) in [6.07, 6.45) is 4.50. The molecule has 1 aromatic heterocycles. The molecule has 0 aliphatic heterocycles. The van der Waals surface area contributed by atoms with Crippen LogP contribution in [0.25, 0.3) is 0 Å². The van der Waals surface area contributed by atoms with Gasteiger partial charge in [0.05, 0.1) is 18.1 Å². The fourth-order valence-electron chi connectivity index (χ4n) is 1.62. The number of nitrogens with one attached hydrogen (secondary N) is 1. The third-order valence-electron chi connectivity index (χ3n) is 3.09. The summed E-state index contributed by atoms with van der Waals surface area (Å²) in [7, 11) is 0. The molecule has 0 bridgehead atoms. The lowest BCUT2D eigenvalue weighted by Crippen LogP contribution is -2.46. The molecule has 1 heterocycles. The number of nitrogens with zero attached hydrogens (tertiary/aromatic N) is 2. The predicted molar refractivity (Wildman–Crippen MR) is 67.7 cm³/mol. The Bertz CT molecular complexity index is 501. The third-order valence-corrected chi connectivity index (χ3v) is 3.29. The molecule has 1 atom stereocenters. The molecule has 0 aromatic carbocycles. The monoisotopic (exact) mass is 283 g/mol. The lowest BCUT2D eigenvalue weighted by atomic mass is 9.84. The van der Waals surface area contributed by atoms with Crippen molar-refractivity contribution in [3.63, 3.8) is 0 Å². The molecule has 6 nitrogen and oxygen atoms in total. The van der Waals surface area contributed by atoms with Crippen LogP contribution in [0.1, 0.15) is 25.5 Å². The summed E-state index contributed by atoms with van der Waals surface area (Å²) in [5.74, 6) is -1.67. The van der Waals surface area contributed by atoms with Crippen LogP contribution in [0.4, 0.5) is 0 Å². The average Bonchev–Trinajstić information content (AvgIpc) is 3.15. The minimum absolute atomic E-state index is 0.0228. The Labute approximate surface area is 115 Å². The number of carbonyl (C=O) groups excluding carboxylic acids is 1. The topological polar surface area (TPSA) is 92.2 Å². The third kappa shape index (κ3) is 3.20. The maximum Gasteiger partial charge on any atom is 0.319 e. The Kier molecular flexibility index (Phi) is 3.71. The lowest BCUT2D eigenvalue weighted by molar-refractivity contribution is -0.154. The molecule has 1 aliphatic carbocycles. The zero-order chi connectivity index (χ0) is 14.0. The quantitative estimate of drug-likeness (QED) is 0.788. The predicted octanol–water partition coefficient (Wildman–Crippen LogP) is 1.04. The van der Waals surface area contributed by atoms with Crippen molar-refractivity contribution >= 4 is 23.5 Å². The molecule has 102 valence electrons. The molecule has 19 heavy (non-hydrogen) atoms. The van der Waals surface area contributed by atoms with Gasteiger partial charge in [0.25, 0.3) is 0 Å². The van der Waals surface area contributed by atoms with E-state index < -0.39 is 17.3 Å². The summed E-state index contributed by atoms with van der Waals surface area (Å²) in [6.45, 7) is 1.39. The minimum atomic E-state index is -1.55. The van der Waals surface area contributed by atoms with Gasteiger partial charge < -0.3 is 10.4 Å². The van der Waals surface area contributed by atoms with Crippen LogP contribution in [0.3, 0.4) is 0 Å². The lowest BCUT2D eigenvalue weighted by Gasteiger charge is -2.23. The van der Waals surface area contributed by atoms with Crippen LogP contribution in [0.15, 0.2) is 12.4 Å². The number of hydrogen-bond acceptors (Lipinski definition) is 4.